The predicted octanol–water partition coefficient (Wildman–Crippen LogP) is 7.31. The van der Waals surface area contributed by atoms with E-state index in [0.717, 1.165) is 61.9 Å². The van der Waals surface area contributed by atoms with Crippen molar-refractivity contribution < 1.29 is 9.59 Å². The second-order valence-corrected chi connectivity index (χ2v) is 13.2. The monoisotopic (exact) mass is 620 g/mol. The molecule has 3 amide bonds. The highest BCUT2D eigenvalue weighted by atomic mass is 35.5. The van der Waals surface area contributed by atoms with Gasteiger partial charge in [-0.15, -0.1) is 0 Å². The number of aryl methyl sites for hydroxylation is 2. The number of carbonyl (C=O) groups is 2. The number of halogens is 2. The lowest BCUT2D eigenvalue weighted by Gasteiger charge is -2.35. The molecule has 0 aromatic heterocycles. The molecule has 2 atom stereocenters. The maximum absolute atomic E-state index is 13.3. The van der Waals surface area contributed by atoms with Crippen molar-refractivity contribution in [1.29, 1.82) is 0 Å². The van der Waals surface area contributed by atoms with Gasteiger partial charge in [0.05, 0.1) is 16.1 Å². The molecule has 43 heavy (non-hydrogen) atoms. The number of hydrogen-bond donors (Lipinski definition) is 3. The summed E-state index contributed by atoms with van der Waals surface area (Å²) in [5.74, 6) is 0.0127. The first-order chi connectivity index (χ1) is 20.6. The molecule has 2 aliphatic rings. The summed E-state index contributed by atoms with van der Waals surface area (Å²) in [5.41, 5.74) is 6.62. The van der Waals surface area contributed by atoms with Crippen molar-refractivity contribution in [2.45, 2.75) is 63.3 Å². The molecule has 1 saturated heterocycles. The molecular formula is C35H42Cl2N4O2. The van der Waals surface area contributed by atoms with Gasteiger partial charge in [0.2, 0.25) is 0 Å². The van der Waals surface area contributed by atoms with Crippen LogP contribution in [-0.4, -0.2) is 50.1 Å². The number of rotatable bonds is 9. The summed E-state index contributed by atoms with van der Waals surface area (Å²) >= 11 is 12.6. The molecule has 5 rings (SSSR count). The molecule has 6 nitrogen and oxygen atoms in total. The minimum Gasteiger partial charge on any atom is -0.341 e. The van der Waals surface area contributed by atoms with Gasteiger partial charge in [0.25, 0.3) is 5.91 Å². The normalized spacial score (nSPS) is 17.7. The van der Waals surface area contributed by atoms with Crippen molar-refractivity contribution in [1.82, 2.24) is 20.9 Å². The van der Waals surface area contributed by atoms with Gasteiger partial charge in [0, 0.05) is 37.0 Å². The lowest BCUT2D eigenvalue weighted by Crippen LogP contribution is -2.41. The van der Waals surface area contributed by atoms with Crippen LogP contribution in [0.25, 0.3) is 0 Å². The molecule has 1 spiro atoms. The lowest BCUT2D eigenvalue weighted by molar-refractivity contribution is 0.0784. The van der Waals surface area contributed by atoms with E-state index in [4.69, 9.17) is 23.2 Å². The molecule has 3 aromatic rings. The average molecular weight is 622 g/mol. The molecule has 1 aliphatic carbocycles. The van der Waals surface area contributed by atoms with Crippen molar-refractivity contribution in [3.8, 4) is 0 Å². The van der Waals surface area contributed by atoms with Crippen molar-refractivity contribution in [3.05, 3.63) is 104 Å². The summed E-state index contributed by atoms with van der Waals surface area (Å²) < 4.78 is 0. The van der Waals surface area contributed by atoms with Gasteiger partial charge >= 0.3 is 6.03 Å². The van der Waals surface area contributed by atoms with Crippen LogP contribution < -0.4 is 16.0 Å². The Labute approximate surface area is 265 Å². The number of benzene rings is 3. The van der Waals surface area contributed by atoms with E-state index in [1.807, 2.05) is 45.2 Å². The number of nitrogens with zero attached hydrogens (tertiary/aromatic N) is 1. The number of carbonyl (C=O) groups excluding carboxylic acids is 2. The molecule has 1 unspecified atom stereocenters. The number of piperidine rings is 1. The van der Waals surface area contributed by atoms with Gasteiger partial charge in [-0.25, -0.2) is 4.79 Å². The minimum atomic E-state index is -0.140. The smallest absolute Gasteiger partial charge is 0.315 e. The fourth-order valence-corrected chi connectivity index (χ4v) is 7.33. The van der Waals surface area contributed by atoms with Crippen LogP contribution in [0.2, 0.25) is 10.0 Å². The number of urea groups is 1. The van der Waals surface area contributed by atoms with Gasteiger partial charge in [-0.2, -0.15) is 0 Å². The van der Waals surface area contributed by atoms with Crippen LogP contribution in [0.1, 0.15) is 82.2 Å². The molecule has 0 saturated carbocycles. The number of fused-ring (bicyclic) bond motifs is 2. The zero-order valence-corrected chi connectivity index (χ0v) is 26.8. The van der Waals surface area contributed by atoms with Gasteiger partial charge in [-0.1, -0.05) is 70.7 Å². The van der Waals surface area contributed by atoms with E-state index in [1.54, 1.807) is 11.0 Å². The minimum absolute atomic E-state index is 0.0160. The van der Waals surface area contributed by atoms with Gasteiger partial charge in [0.15, 0.2) is 0 Å². The summed E-state index contributed by atoms with van der Waals surface area (Å²) in [6, 6.07) is 20.0. The van der Waals surface area contributed by atoms with Crippen LogP contribution in [0.15, 0.2) is 60.7 Å². The Balaban J connectivity index is 1.19. The Morgan fingerprint density at radius 1 is 1.00 bits per heavy atom. The Hall–Kier alpha value is -3.06. The van der Waals surface area contributed by atoms with Gasteiger partial charge < -0.3 is 20.9 Å². The third kappa shape index (κ3) is 7.36. The van der Waals surface area contributed by atoms with Gasteiger partial charge in [-0.3, -0.25) is 4.79 Å². The molecule has 3 N–H and O–H groups in total. The van der Waals surface area contributed by atoms with Crippen LogP contribution in [0.3, 0.4) is 0 Å². The topological polar surface area (TPSA) is 73.5 Å². The lowest BCUT2D eigenvalue weighted by atomic mass is 9.74. The zero-order chi connectivity index (χ0) is 30.6. The zero-order valence-electron chi connectivity index (χ0n) is 25.3. The molecule has 228 valence electrons. The third-order valence-electron chi connectivity index (χ3n) is 9.11. The SMILES string of the molecule is Cc1cc(C)cc(C(=O)N(C)C[C@@H](CCCNC(=O)NC2CC3(CCNCC3)c3ccccc32)c2ccc(Cl)c(Cl)c2)c1. The Kier molecular flexibility index (Phi) is 10.0. The predicted molar refractivity (Wildman–Crippen MR) is 175 cm³/mol. The highest BCUT2D eigenvalue weighted by Gasteiger charge is 2.44. The van der Waals surface area contributed by atoms with Crippen molar-refractivity contribution in [2.75, 3.05) is 33.2 Å². The summed E-state index contributed by atoms with van der Waals surface area (Å²) in [6.45, 7) is 7.08. The van der Waals surface area contributed by atoms with Crippen LogP contribution in [0.4, 0.5) is 4.79 Å². The second kappa shape index (κ2) is 13.7. The maximum Gasteiger partial charge on any atom is 0.315 e. The Bertz CT molecular complexity index is 1450. The first kappa shape index (κ1) is 31.4. The van der Waals surface area contributed by atoms with Gasteiger partial charge in [0.1, 0.15) is 0 Å². The van der Waals surface area contributed by atoms with Gasteiger partial charge in [-0.05, 0) is 100.0 Å². The number of amides is 3. The largest absolute Gasteiger partial charge is 0.341 e. The van der Waals surface area contributed by atoms with E-state index in [9.17, 15) is 9.59 Å². The molecule has 8 heteroatoms. The fourth-order valence-electron chi connectivity index (χ4n) is 7.02. The fraction of sp³-hybridized carbons (Fsp3) is 0.429. The Morgan fingerprint density at radius 2 is 1.72 bits per heavy atom. The van der Waals surface area contributed by atoms with E-state index in [-0.39, 0.29) is 29.3 Å². The van der Waals surface area contributed by atoms with E-state index < -0.39 is 0 Å². The number of likely N-dealkylation sites (N-methyl/N-ethyl adjacent to an activating group) is 1. The van der Waals surface area contributed by atoms with Crippen molar-refractivity contribution in [3.63, 3.8) is 0 Å². The molecule has 0 bridgehead atoms. The number of hydrogen-bond acceptors (Lipinski definition) is 3. The molecule has 1 fully saturated rings. The van der Waals surface area contributed by atoms with Crippen LogP contribution in [-0.2, 0) is 5.41 Å². The first-order valence-corrected chi connectivity index (χ1v) is 16.0. The molecule has 1 aliphatic heterocycles. The molecule has 1 heterocycles. The van der Waals surface area contributed by atoms with Crippen LogP contribution >= 0.6 is 23.2 Å². The average Bonchev–Trinajstić information content (AvgIpc) is 3.27. The number of nitrogens with one attached hydrogen (secondary N) is 3. The molecule has 3 aromatic carbocycles. The Morgan fingerprint density at radius 3 is 2.44 bits per heavy atom. The standard InChI is InChI=1S/C35H42Cl2N4O2/c1-23-17-24(2)19-27(18-23)33(42)41(3)22-26(25-10-11-30(36)31(37)20-25)7-6-14-39-34(43)40-32-21-35(12-15-38-16-13-35)29-9-5-4-8-28(29)32/h4-5,8-11,17-20,26,32,38H,6-7,12-16,21-22H2,1-3H3,(H2,39,40,43)/t26-,32?/m1/s1. The summed E-state index contributed by atoms with van der Waals surface area (Å²) in [7, 11) is 1.84. The first-order valence-electron chi connectivity index (χ1n) is 15.3. The van der Waals surface area contributed by atoms with E-state index in [0.29, 0.717) is 28.7 Å². The summed E-state index contributed by atoms with van der Waals surface area (Å²) in [6.07, 6.45) is 4.66. The third-order valence-corrected chi connectivity index (χ3v) is 9.85. The van der Waals surface area contributed by atoms with Crippen molar-refractivity contribution >= 4 is 35.1 Å². The highest BCUT2D eigenvalue weighted by Crippen LogP contribution is 2.49. The summed E-state index contributed by atoms with van der Waals surface area (Å²) in [4.78, 5) is 28.1. The van der Waals surface area contributed by atoms with E-state index >= 15 is 0 Å². The van der Waals surface area contributed by atoms with E-state index in [1.165, 1.54) is 11.1 Å². The van der Waals surface area contributed by atoms with Crippen LogP contribution in [0.5, 0.6) is 0 Å². The molecule has 0 radical (unpaired) electrons. The molecular weight excluding hydrogens is 579 g/mol. The maximum atomic E-state index is 13.3. The van der Waals surface area contributed by atoms with Crippen LogP contribution in [0, 0.1) is 13.8 Å². The second-order valence-electron chi connectivity index (χ2n) is 12.3. The highest BCUT2D eigenvalue weighted by molar-refractivity contribution is 6.42. The quantitative estimate of drug-likeness (QED) is 0.220. The summed E-state index contributed by atoms with van der Waals surface area (Å²) in [5, 5.41) is 10.8. The van der Waals surface area contributed by atoms with Crippen molar-refractivity contribution in [2.24, 2.45) is 0 Å². The van der Waals surface area contributed by atoms with E-state index in [2.05, 4.69) is 46.3 Å².